The summed E-state index contributed by atoms with van der Waals surface area (Å²) in [5.74, 6) is -0.921. The minimum atomic E-state index is -4.54. The van der Waals surface area contributed by atoms with Gasteiger partial charge in [0.15, 0.2) is 5.82 Å². The molecule has 110 valence electrons. The number of nitrogens with zero attached hydrogens (tertiary/aromatic N) is 2. The van der Waals surface area contributed by atoms with Crippen molar-refractivity contribution in [3.63, 3.8) is 0 Å². The number of aromatic amines is 1. The van der Waals surface area contributed by atoms with Crippen LogP contribution in [0, 0.1) is 5.92 Å². The number of rotatable bonds is 2. The zero-order valence-corrected chi connectivity index (χ0v) is 12.2. The number of pyridine rings is 1. The maximum Gasteiger partial charge on any atom is 0.409 e. The van der Waals surface area contributed by atoms with Crippen molar-refractivity contribution < 1.29 is 13.2 Å². The fourth-order valence-electron chi connectivity index (χ4n) is 2.18. The molecular weight excluding hydrogens is 341 g/mol. The lowest BCUT2D eigenvalue weighted by Gasteiger charge is -2.26. The summed E-state index contributed by atoms with van der Waals surface area (Å²) in [6, 6.07) is -1.93. The van der Waals surface area contributed by atoms with Gasteiger partial charge in [0.25, 0.3) is 5.56 Å². The predicted molar refractivity (Wildman–Crippen MR) is 72.4 cm³/mol. The van der Waals surface area contributed by atoms with Gasteiger partial charge in [-0.1, -0.05) is 13.8 Å². The first-order valence-electron chi connectivity index (χ1n) is 5.75. The molecule has 5 nitrogen and oxygen atoms in total. The molecule has 1 unspecified atom stereocenters. The third-order valence-electron chi connectivity index (χ3n) is 3.00. The molecule has 2 rings (SSSR count). The van der Waals surface area contributed by atoms with Crippen LogP contribution in [0.1, 0.15) is 19.9 Å². The number of aromatic nitrogens is 3. The van der Waals surface area contributed by atoms with Crippen LogP contribution in [0.5, 0.6) is 0 Å². The second-order valence-corrected chi connectivity index (χ2v) is 5.63. The van der Waals surface area contributed by atoms with Crippen LogP contribution >= 0.6 is 15.9 Å². The maximum absolute atomic E-state index is 13.2. The van der Waals surface area contributed by atoms with E-state index >= 15 is 0 Å². The molecule has 0 spiro atoms. The maximum atomic E-state index is 13.2. The molecule has 0 aliphatic carbocycles. The van der Waals surface area contributed by atoms with Crippen LogP contribution in [0.15, 0.2) is 15.5 Å². The van der Waals surface area contributed by atoms with Crippen molar-refractivity contribution in [2.75, 3.05) is 5.73 Å². The van der Waals surface area contributed by atoms with Crippen LogP contribution < -0.4 is 11.3 Å². The number of halogens is 4. The first kappa shape index (κ1) is 14.9. The van der Waals surface area contributed by atoms with E-state index in [1.807, 2.05) is 0 Å². The summed E-state index contributed by atoms with van der Waals surface area (Å²) < 4.78 is 40.4. The normalized spacial score (nSPS) is 14.2. The third-order valence-corrected chi connectivity index (χ3v) is 3.60. The lowest BCUT2D eigenvalue weighted by Crippen LogP contribution is -2.37. The Kier molecular flexibility index (Phi) is 3.57. The van der Waals surface area contributed by atoms with Crippen molar-refractivity contribution in [1.82, 2.24) is 14.8 Å². The standard InChI is InChI=1S/C11H12BrF3N4O/c1-4(2)8(11(13,14)15)19-3-5(12)7-6(10(19)20)9(16)18-17-7/h3-4,8H,1-2H3,(H3,16,17,18). The molecule has 9 heteroatoms. The summed E-state index contributed by atoms with van der Waals surface area (Å²) in [6.07, 6.45) is -3.43. The summed E-state index contributed by atoms with van der Waals surface area (Å²) in [5.41, 5.74) is 5.01. The van der Waals surface area contributed by atoms with Gasteiger partial charge in [-0.2, -0.15) is 18.3 Å². The summed E-state index contributed by atoms with van der Waals surface area (Å²) in [4.78, 5) is 12.3. The molecule has 0 aliphatic rings. The molecule has 1 atom stereocenters. The number of alkyl halides is 3. The smallest absolute Gasteiger partial charge is 0.382 e. The van der Waals surface area contributed by atoms with Crippen LogP contribution in [0.4, 0.5) is 19.0 Å². The summed E-state index contributed by atoms with van der Waals surface area (Å²) in [6.45, 7) is 2.81. The summed E-state index contributed by atoms with van der Waals surface area (Å²) in [7, 11) is 0. The van der Waals surface area contributed by atoms with E-state index < -0.39 is 23.7 Å². The lowest BCUT2D eigenvalue weighted by atomic mass is 10.0. The monoisotopic (exact) mass is 352 g/mol. The molecule has 0 aromatic carbocycles. The molecule has 0 saturated carbocycles. The topological polar surface area (TPSA) is 76.7 Å². The fraction of sp³-hybridized carbons (Fsp3) is 0.455. The number of hydrogen-bond acceptors (Lipinski definition) is 3. The Balaban J connectivity index is 2.80. The highest BCUT2D eigenvalue weighted by Gasteiger charge is 2.43. The highest BCUT2D eigenvalue weighted by Crippen LogP contribution is 2.36. The van der Waals surface area contributed by atoms with Crippen molar-refractivity contribution in [2.45, 2.75) is 26.1 Å². The van der Waals surface area contributed by atoms with Crippen molar-refractivity contribution in [2.24, 2.45) is 5.92 Å². The van der Waals surface area contributed by atoms with E-state index in [0.717, 1.165) is 6.20 Å². The summed E-state index contributed by atoms with van der Waals surface area (Å²) >= 11 is 3.13. The zero-order chi connectivity index (χ0) is 15.2. The van der Waals surface area contributed by atoms with Gasteiger partial charge in [0.2, 0.25) is 0 Å². The Bertz CT molecular complexity index is 704. The number of nitrogens with one attached hydrogen (secondary N) is 1. The fourth-order valence-corrected chi connectivity index (χ4v) is 2.69. The largest absolute Gasteiger partial charge is 0.409 e. The molecule has 0 aliphatic heterocycles. The minimum Gasteiger partial charge on any atom is -0.382 e. The third kappa shape index (κ3) is 2.30. The zero-order valence-electron chi connectivity index (χ0n) is 10.6. The Morgan fingerprint density at radius 1 is 1.45 bits per heavy atom. The molecular formula is C11H12BrF3N4O. The van der Waals surface area contributed by atoms with Gasteiger partial charge in [-0.05, 0) is 21.8 Å². The van der Waals surface area contributed by atoms with E-state index in [2.05, 4.69) is 26.1 Å². The lowest BCUT2D eigenvalue weighted by molar-refractivity contribution is -0.178. The van der Waals surface area contributed by atoms with Crippen LogP contribution in [-0.2, 0) is 0 Å². The molecule has 2 aromatic rings. The van der Waals surface area contributed by atoms with Crippen molar-refractivity contribution in [3.8, 4) is 0 Å². The summed E-state index contributed by atoms with van der Waals surface area (Å²) in [5, 5.41) is 6.12. The van der Waals surface area contributed by atoms with Gasteiger partial charge in [-0.15, -0.1) is 0 Å². The second kappa shape index (κ2) is 4.80. The minimum absolute atomic E-state index is 0.0470. The van der Waals surface area contributed by atoms with Crippen molar-refractivity contribution in [1.29, 1.82) is 0 Å². The van der Waals surface area contributed by atoms with Crippen molar-refractivity contribution in [3.05, 3.63) is 21.0 Å². The van der Waals surface area contributed by atoms with Crippen LogP contribution in [-0.4, -0.2) is 20.9 Å². The molecule has 2 aromatic heterocycles. The molecule has 2 heterocycles. The van der Waals surface area contributed by atoms with Crippen LogP contribution in [0.25, 0.3) is 10.9 Å². The SMILES string of the molecule is CC(C)C(n1cc(Br)c2[nH]nc(N)c2c1=O)C(F)(F)F. The average Bonchev–Trinajstić information content (AvgIpc) is 2.66. The average molecular weight is 353 g/mol. The van der Waals surface area contributed by atoms with Gasteiger partial charge in [0.05, 0.1) is 9.99 Å². The van der Waals surface area contributed by atoms with Crippen LogP contribution in [0.3, 0.4) is 0 Å². The van der Waals surface area contributed by atoms with Gasteiger partial charge in [0, 0.05) is 6.20 Å². The highest BCUT2D eigenvalue weighted by molar-refractivity contribution is 9.10. The molecule has 0 bridgehead atoms. The first-order valence-corrected chi connectivity index (χ1v) is 6.54. The Hall–Kier alpha value is -1.51. The highest BCUT2D eigenvalue weighted by atomic mass is 79.9. The quantitative estimate of drug-likeness (QED) is 0.872. The number of anilines is 1. The van der Waals surface area contributed by atoms with E-state index in [1.54, 1.807) is 0 Å². The number of fused-ring (bicyclic) bond motifs is 1. The van der Waals surface area contributed by atoms with Gasteiger partial charge in [-0.25, -0.2) is 0 Å². The molecule has 20 heavy (non-hydrogen) atoms. The predicted octanol–water partition coefficient (Wildman–Crippen LogP) is 2.83. The van der Waals surface area contributed by atoms with E-state index in [4.69, 9.17) is 5.73 Å². The first-order chi connectivity index (χ1) is 9.14. The van der Waals surface area contributed by atoms with Gasteiger partial charge >= 0.3 is 6.18 Å². The Morgan fingerprint density at radius 3 is 2.55 bits per heavy atom. The number of nitrogen functional groups attached to an aromatic ring is 1. The molecule has 0 amide bonds. The van der Waals surface area contributed by atoms with E-state index in [-0.39, 0.29) is 16.7 Å². The Labute approximate surface area is 120 Å². The molecule has 3 N–H and O–H groups in total. The van der Waals surface area contributed by atoms with E-state index in [0.29, 0.717) is 9.04 Å². The van der Waals surface area contributed by atoms with Gasteiger partial charge < -0.3 is 10.3 Å². The number of hydrogen-bond donors (Lipinski definition) is 2. The number of nitrogens with two attached hydrogens (primary N) is 1. The Morgan fingerprint density at radius 2 is 2.05 bits per heavy atom. The molecule has 0 radical (unpaired) electrons. The second-order valence-electron chi connectivity index (χ2n) is 4.78. The molecule has 0 fully saturated rings. The van der Waals surface area contributed by atoms with Gasteiger partial charge in [-0.3, -0.25) is 9.89 Å². The van der Waals surface area contributed by atoms with Gasteiger partial charge in [0.1, 0.15) is 11.4 Å². The van der Waals surface area contributed by atoms with E-state index in [9.17, 15) is 18.0 Å². The van der Waals surface area contributed by atoms with E-state index in [1.165, 1.54) is 13.8 Å². The van der Waals surface area contributed by atoms with Crippen LogP contribution in [0.2, 0.25) is 0 Å². The van der Waals surface area contributed by atoms with Crippen molar-refractivity contribution >= 4 is 32.7 Å². The molecule has 0 saturated heterocycles. The number of H-pyrrole nitrogens is 1.